The van der Waals surface area contributed by atoms with Crippen molar-refractivity contribution in [2.24, 2.45) is 16.9 Å². The molecular weight excluding hydrogens is 751 g/mol. The fourth-order valence-electron chi connectivity index (χ4n) is 6.98. The van der Waals surface area contributed by atoms with E-state index in [9.17, 15) is 14.4 Å². The number of fused-ring (bicyclic) bond motifs is 1. The summed E-state index contributed by atoms with van der Waals surface area (Å²) >= 11 is 1.58. The van der Waals surface area contributed by atoms with Gasteiger partial charge in [-0.3, -0.25) is 4.79 Å². The molecule has 0 saturated heterocycles. The van der Waals surface area contributed by atoms with Gasteiger partial charge in [0.15, 0.2) is 0 Å². The molecule has 310 valence electrons. The number of para-hydroxylation sites is 1. The fraction of sp³-hybridized carbons (Fsp3) is 0.468. The first-order valence-corrected chi connectivity index (χ1v) is 22.0. The van der Waals surface area contributed by atoms with Gasteiger partial charge in [-0.15, -0.1) is 0 Å². The Bertz CT molecular complexity index is 1900. The summed E-state index contributed by atoms with van der Waals surface area (Å²) in [6.45, 7) is 9.39. The highest BCUT2D eigenvalue weighted by molar-refractivity contribution is 7.22. The van der Waals surface area contributed by atoms with Crippen molar-refractivity contribution in [3.63, 3.8) is 0 Å². The van der Waals surface area contributed by atoms with Crippen LogP contribution in [0.1, 0.15) is 126 Å². The highest BCUT2D eigenvalue weighted by Gasteiger charge is 2.28. The number of esters is 3. The van der Waals surface area contributed by atoms with E-state index >= 15 is 0 Å². The molecule has 1 aliphatic carbocycles. The zero-order valence-electron chi connectivity index (χ0n) is 34.2. The maximum Gasteiger partial charge on any atom is 0.343 e. The van der Waals surface area contributed by atoms with Crippen molar-refractivity contribution in [1.82, 2.24) is 4.98 Å². The average molecular weight is 810 g/mol. The van der Waals surface area contributed by atoms with Crippen molar-refractivity contribution < 1.29 is 33.3 Å². The molecule has 58 heavy (non-hydrogen) atoms. The van der Waals surface area contributed by atoms with Crippen LogP contribution in [0, 0.1) is 11.8 Å². The molecule has 1 heterocycles. The smallest absolute Gasteiger partial charge is 0.343 e. The SMILES string of the molecule is C=CC(=O)OCCCCCCOc1ccc(C(=O)Oc2ccc(OC(=O)C3CCC(CCCC)CC3)cc2C=NN(CCCCCC)c2nc3ccccc3s2)cc1. The van der Waals surface area contributed by atoms with Crippen LogP contribution < -0.4 is 19.2 Å². The van der Waals surface area contributed by atoms with Gasteiger partial charge in [-0.1, -0.05) is 82.4 Å². The third-order valence-electron chi connectivity index (χ3n) is 10.4. The molecule has 3 aromatic carbocycles. The number of hydrazone groups is 1. The lowest BCUT2D eigenvalue weighted by atomic mass is 9.80. The van der Waals surface area contributed by atoms with E-state index in [1.54, 1.807) is 60.0 Å². The van der Waals surface area contributed by atoms with E-state index in [0.717, 1.165) is 92.4 Å². The van der Waals surface area contributed by atoms with Crippen LogP contribution in [0.15, 0.2) is 84.5 Å². The van der Waals surface area contributed by atoms with Crippen LogP contribution in [0.4, 0.5) is 5.13 Å². The molecule has 1 saturated carbocycles. The van der Waals surface area contributed by atoms with Gasteiger partial charge < -0.3 is 18.9 Å². The lowest BCUT2D eigenvalue weighted by Gasteiger charge is -2.27. The number of ether oxygens (including phenoxy) is 4. The van der Waals surface area contributed by atoms with Gasteiger partial charge in [0.05, 0.1) is 41.1 Å². The van der Waals surface area contributed by atoms with Crippen LogP contribution in [0.25, 0.3) is 10.2 Å². The first kappa shape index (κ1) is 44.1. The minimum atomic E-state index is -0.537. The summed E-state index contributed by atoms with van der Waals surface area (Å²) in [5, 5.41) is 7.58. The van der Waals surface area contributed by atoms with Gasteiger partial charge in [0.25, 0.3) is 0 Å². The maximum atomic E-state index is 13.5. The van der Waals surface area contributed by atoms with Crippen molar-refractivity contribution in [3.05, 3.63) is 90.5 Å². The number of benzene rings is 3. The zero-order valence-corrected chi connectivity index (χ0v) is 35.0. The summed E-state index contributed by atoms with van der Waals surface area (Å²) in [6, 6.07) is 19.9. The van der Waals surface area contributed by atoms with E-state index in [2.05, 4.69) is 26.5 Å². The van der Waals surface area contributed by atoms with Gasteiger partial charge in [0.1, 0.15) is 17.2 Å². The highest BCUT2D eigenvalue weighted by Crippen LogP contribution is 2.34. The zero-order chi connectivity index (χ0) is 41.0. The number of rotatable bonds is 24. The second kappa shape index (κ2) is 24.0. The Morgan fingerprint density at radius 2 is 1.55 bits per heavy atom. The Morgan fingerprint density at radius 3 is 2.29 bits per heavy atom. The number of thiazole rings is 1. The summed E-state index contributed by atoms with van der Waals surface area (Å²) in [5.74, 6) is 0.729. The van der Waals surface area contributed by atoms with Gasteiger partial charge in [-0.25, -0.2) is 19.6 Å². The molecule has 5 rings (SSSR count). The molecule has 1 aliphatic rings. The molecule has 0 aliphatic heterocycles. The Kier molecular flexibility index (Phi) is 18.3. The number of anilines is 1. The standard InChI is InChI=1S/C47H59N3O7S/c1-4-7-9-14-30-50(47-49-41-18-12-13-19-43(41)58-47)48-34-38-33-40(56-45(52)36-22-20-35(21-23-36)17-8-5-2)28-29-42(38)57-46(53)37-24-26-39(27-25-37)54-31-15-10-11-16-32-55-44(51)6-3/h6,12-13,18-19,24-29,33-36H,3-5,7-11,14-17,20-23,30-32H2,1-2H3. The lowest BCUT2D eigenvalue weighted by Crippen LogP contribution is -2.25. The Labute approximate surface area is 347 Å². The van der Waals surface area contributed by atoms with Crippen molar-refractivity contribution in [3.8, 4) is 17.2 Å². The maximum absolute atomic E-state index is 13.5. The molecule has 0 bridgehead atoms. The number of nitrogens with zero attached hydrogens (tertiary/aromatic N) is 3. The van der Waals surface area contributed by atoms with E-state index in [-0.39, 0.29) is 11.9 Å². The quantitative estimate of drug-likeness (QED) is 0.0170. The average Bonchev–Trinajstić information content (AvgIpc) is 3.69. The van der Waals surface area contributed by atoms with Gasteiger partial charge in [-0.2, -0.15) is 5.10 Å². The molecule has 11 heteroatoms. The van der Waals surface area contributed by atoms with E-state index in [1.165, 1.54) is 25.3 Å². The van der Waals surface area contributed by atoms with Crippen molar-refractivity contribution in [1.29, 1.82) is 0 Å². The predicted molar refractivity (Wildman–Crippen MR) is 232 cm³/mol. The second-order valence-corrected chi connectivity index (χ2v) is 15.9. The number of hydrogen-bond acceptors (Lipinski definition) is 11. The van der Waals surface area contributed by atoms with Crippen LogP contribution in [0.3, 0.4) is 0 Å². The molecule has 4 aromatic rings. The number of hydrogen-bond donors (Lipinski definition) is 0. The molecule has 1 aromatic heterocycles. The Hall–Kier alpha value is -5.03. The molecule has 0 unspecified atom stereocenters. The fourth-order valence-corrected chi connectivity index (χ4v) is 7.93. The summed E-state index contributed by atoms with van der Waals surface area (Å²) in [7, 11) is 0. The predicted octanol–water partition coefficient (Wildman–Crippen LogP) is 11.5. The highest BCUT2D eigenvalue weighted by atomic mass is 32.1. The van der Waals surface area contributed by atoms with Gasteiger partial charge >= 0.3 is 17.9 Å². The van der Waals surface area contributed by atoms with Crippen LogP contribution in [0.5, 0.6) is 17.2 Å². The van der Waals surface area contributed by atoms with E-state index in [0.29, 0.717) is 54.1 Å². The van der Waals surface area contributed by atoms with E-state index in [1.807, 2.05) is 23.2 Å². The summed E-state index contributed by atoms with van der Waals surface area (Å²) in [6.07, 6.45) is 18.1. The molecule has 0 atom stereocenters. The first-order valence-electron chi connectivity index (χ1n) is 21.1. The van der Waals surface area contributed by atoms with Gasteiger partial charge in [0, 0.05) is 18.2 Å². The van der Waals surface area contributed by atoms with Crippen molar-refractivity contribution in [2.45, 2.75) is 110 Å². The third kappa shape index (κ3) is 14.1. The molecule has 10 nitrogen and oxygen atoms in total. The van der Waals surface area contributed by atoms with Gasteiger partial charge in [-0.05, 0) is 118 Å². The summed E-state index contributed by atoms with van der Waals surface area (Å²) in [4.78, 5) is 42.9. The number of aromatic nitrogens is 1. The topological polar surface area (TPSA) is 117 Å². The molecule has 0 radical (unpaired) electrons. The molecule has 1 fully saturated rings. The monoisotopic (exact) mass is 809 g/mol. The first-order chi connectivity index (χ1) is 28.4. The van der Waals surface area contributed by atoms with E-state index < -0.39 is 11.9 Å². The minimum absolute atomic E-state index is 0.127. The largest absolute Gasteiger partial charge is 0.494 e. The van der Waals surface area contributed by atoms with Crippen molar-refractivity contribution in [2.75, 3.05) is 24.8 Å². The van der Waals surface area contributed by atoms with Crippen LogP contribution in [-0.2, 0) is 14.3 Å². The third-order valence-corrected chi connectivity index (χ3v) is 11.5. The Balaban J connectivity index is 1.27. The second-order valence-electron chi connectivity index (χ2n) is 14.9. The van der Waals surface area contributed by atoms with Crippen molar-refractivity contribution >= 4 is 50.8 Å². The number of carbonyl (C=O) groups is 3. The Morgan fingerprint density at radius 1 is 0.828 bits per heavy atom. The van der Waals surface area contributed by atoms with Gasteiger partial charge in [0.2, 0.25) is 5.13 Å². The normalized spacial score (nSPS) is 15.3. The summed E-state index contributed by atoms with van der Waals surface area (Å²) < 4.78 is 23.9. The van der Waals surface area contributed by atoms with Crippen LogP contribution >= 0.6 is 11.3 Å². The minimum Gasteiger partial charge on any atom is -0.494 e. The molecule has 0 N–H and O–H groups in total. The molecular formula is C47H59N3O7S. The van der Waals surface area contributed by atoms with E-state index in [4.69, 9.17) is 29.0 Å². The lowest BCUT2D eigenvalue weighted by molar-refractivity contribution is -0.140. The van der Waals surface area contributed by atoms with Crippen LogP contribution in [-0.4, -0.2) is 48.9 Å². The van der Waals surface area contributed by atoms with Crippen LogP contribution in [0.2, 0.25) is 0 Å². The molecule has 0 amide bonds. The number of unbranched alkanes of at least 4 members (excludes halogenated alkanes) is 7. The number of carbonyl (C=O) groups excluding carboxylic acids is 3. The molecule has 0 spiro atoms. The summed E-state index contributed by atoms with van der Waals surface area (Å²) in [5.41, 5.74) is 1.78.